The van der Waals surface area contributed by atoms with Gasteiger partial charge in [0.05, 0.1) is 25.5 Å². The van der Waals surface area contributed by atoms with Crippen molar-refractivity contribution in [3.05, 3.63) is 23.8 Å². The van der Waals surface area contributed by atoms with Gasteiger partial charge in [0.15, 0.2) is 5.75 Å². The average Bonchev–Trinajstić information content (AvgIpc) is 2.92. The molecule has 5 heteroatoms. The fourth-order valence-corrected chi connectivity index (χ4v) is 2.01. The summed E-state index contributed by atoms with van der Waals surface area (Å²) in [7, 11) is 0. The second-order valence-electron chi connectivity index (χ2n) is 4.49. The number of nitrogens with two attached hydrogens (primary N) is 1. The molecule has 0 bridgehead atoms. The Hall–Kier alpha value is -1.75. The van der Waals surface area contributed by atoms with Crippen LogP contribution in [0.1, 0.15) is 23.7 Å². The van der Waals surface area contributed by atoms with E-state index in [1.165, 1.54) is 0 Å². The molecule has 19 heavy (non-hydrogen) atoms. The quantitative estimate of drug-likeness (QED) is 0.650. The Bertz CT molecular complexity index is 441. The molecule has 1 atom stereocenters. The minimum Gasteiger partial charge on any atom is -0.491 e. The Morgan fingerprint density at radius 1 is 1.53 bits per heavy atom. The van der Waals surface area contributed by atoms with Crippen LogP contribution in [0.25, 0.3) is 0 Å². The number of hydrogen-bond acceptors (Lipinski definition) is 5. The maximum absolute atomic E-state index is 12.1. The Balaban J connectivity index is 2.03. The van der Waals surface area contributed by atoms with Gasteiger partial charge in [-0.2, -0.15) is 0 Å². The lowest BCUT2D eigenvalue weighted by Gasteiger charge is -2.13. The van der Waals surface area contributed by atoms with Crippen molar-refractivity contribution in [3.63, 3.8) is 0 Å². The van der Waals surface area contributed by atoms with E-state index in [1.54, 1.807) is 18.2 Å². The summed E-state index contributed by atoms with van der Waals surface area (Å²) in [6.45, 7) is 4.06. The summed E-state index contributed by atoms with van der Waals surface area (Å²) < 4.78 is 16.0. The fraction of sp³-hybridized carbons (Fsp3) is 0.500. The molecule has 0 spiro atoms. The van der Waals surface area contributed by atoms with Crippen molar-refractivity contribution in [3.8, 4) is 5.75 Å². The van der Waals surface area contributed by atoms with E-state index in [0.717, 1.165) is 13.0 Å². The van der Waals surface area contributed by atoms with Gasteiger partial charge in [-0.1, -0.05) is 6.07 Å². The van der Waals surface area contributed by atoms with Gasteiger partial charge < -0.3 is 19.9 Å². The van der Waals surface area contributed by atoms with Crippen LogP contribution in [-0.4, -0.2) is 32.4 Å². The Kier molecular flexibility index (Phi) is 4.63. The third kappa shape index (κ3) is 3.38. The highest BCUT2D eigenvalue weighted by Crippen LogP contribution is 2.27. The molecule has 5 nitrogen and oxygen atoms in total. The summed E-state index contributed by atoms with van der Waals surface area (Å²) in [6.07, 6.45) is 0.933. The Morgan fingerprint density at radius 3 is 3.05 bits per heavy atom. The molecular weight excluding hydrogens is 246 g/mol. The van der Waals surface area contributed by atoms with Gasteiger partial charge in [0.1, 0.15) is 5.56 Å². The zero-order valence-electron chi connectivity index (χ0n) is 11.1. The number of carbonyl (C=O) groups is 1. The van der Waals surface area contributed by atoms with Gasteiger partial charge in [-0.05, 0) is 25.5 Å². The molecule has 1 aliphatic heterocycles. The molecule has 1 aromatic carbocycles. The lowest BCUT2D eigenvalue weighted by atomic mass is 10.1. The molecule has 0 amide bonds. The first-order valence-corrected chi connectivity index (χ1v) is 6.48. The van der Waals surface area contributed by atoms with Crippen molar-refractivity contribution in [2.24, 2.45) is 5.92 Å². The number of benzene rings is 1. The van der Waals surface area contributed by atoms with Crippen LogP contribution >= 0.6 is 0 Å². The first kappa shape index (κ1) is 13.7. The molecule has 1 aliphatic rings. The summed E-state index contributed by atoms with van der Waals surface area (Å²) in [5, 5.41) is 0. The van der Waals surface area contributed by atoms with Crippen molar-refractivity contribution in [2.45, 2.75) is 13.3 Å². The minimum absolute atomic E-state index is 0.292. The number of anilines is 1. The summed E-state index contributed by atoms with van der Waals surface area (Å²) in [5.74, 6) is 0.292. The highest BCUT2D eigenvalue weighted by Gasteiger charge is 2.20. The van der Waals surface area contributed by atoms with E-state index < -0.39 is 5.97 Å². The highest BCUT2D eigenvalue weighted by molar-refractivity contribution is 5.94. The first-order valence-electron chi connectivity index (χ1n) is 6.48. The van der Waals surface area contributed by atoms with Crippen LogP contribution in [0.5, 0.6) is 5.75 Å². The molecule has 0 aliphatic carbocycles. The van der Waals surface area contributed by atoms with Crippen LogP contribution in [0.2, 0.25) is 0 Å². The van der Waals surface area contributed by atoms with Gasteiger partial charge in [0.25, 0.3) is 0 Å². The maximum Gasteiger partial charge on any atom is 0.342 e. The van der Waals surface area contributed by atoms with Crippen molar-refractivity contribution < 1.29 is 19.0 Å². The number of hydrogen-bond donors (Lipinski definition) is 1. The van der Waals surface area contributed by atoms with Crippen LogP contribution in [0.4, 0.5) is 5.69 Å². The number of esters is 1. The first-order chi connectivity index (χ1) is 9.22. The summed E-state index contributed by atoms with van der Waals surface area (Å²) in [6, 6.07) is 5.08. The molecule has 1 aromatic rings. The predicted molar refractivity (Wildman–Crippen MR) is 71.2 cm³/mol. The van der Waals surface area contributed by atoms with Gasteiger partial charge in [-0.3, -0.25) is 0 Å². The van der Waals surface area contributed by atoms with Crippen LogP contribution in [0.3, 0.4) is 0 Å². The van der Waals surface area contributed by atoms with Gasteiger partial charge in [-0.25, -0.2) is 4.79 Å². The normalized spacial score (nSPS) is 18.3. The largest absolute Gasteiger partial charge is 0.491 e. The van der Waals surface area contributed by atoms with Crippen LogP contribution in [-0.2, 0) is 9.47 Å². The van der Waals surface area contributed by atoms with Crippen molar-refractivity contribution in [1.82, 2.24) is 0 Å². The minimum atomic E-state index is -0.400. The molecule has 1 fully saturated rings. The average molecular weight is 265 g/mol. The number of ether oxygens (including phenoxy) is 3. The zero-order valence-corrected chi connectivity index (χ0v) is 11.1. The summed E-state index contributed by atoms with van der Waals surface area (Å²) in [5.41, 5.74) is 6.63. The highest BCUT2D eigenvalue weighted by atomic mass is 16.5. The van der Waals surface area contributed by atoms with Gasteiger partial charge in [-0.15, -0.1) is 0 Å². The maximum atomic E-state index is 12.1. The lowest BCUT2D eigenvalue weighted by molar-refractivity contribution is 0.0424. The molecule has 0 radical (unpaired) electrons. The van der Waals surface area contributed by atoms with E-state index in [9.17, 15) is 4.79 Å². The van der Waals surface area contributed by atoms with Crippen LogP contribution in [0.15, 0.2) is 18.2 Å². The second kappa shape index (κ2) is 6.43. The van der Waals surface area contributed by atoms with Gasteiger partial charge >= 0.3 is 5.97 Å². The SMILES string of the molecule is CCOc1c(N)cccc1C(=O)OCC1CCOC1. The van der Waals surface area contributed by atoms with E-state index in [-0.39, 0.29) is 0 Å². The molecular formula is C14H19NO4. The fourth-order valence-electron chi connectivity index (χ4n) is 2.01. The van der Waals surface area contributed by atoms with Crippen molar-refractivity contribution >= 4 is 11.7 Å². The number of nitrogen functional groups attached to an aromatic ring is 1. The number of para-hydroxylation sites is 1. The lowest BCUT2D eigenvalue weighted by Crippen LogP contribution is -2.15. The Morgan fingerprint density at radius 2 is 2.37 bits per heavy atom. The molecule has 104 valence electrons. The Labute approximate surface area is 112 Å². The molecule has 1 heterocycles. The van der Waals surface area contributed by atoms with E-state index in [4.69, 9.17) is 19.9 Å². The van der Waals surface area contributed by atoms with Crippen LogP contribution < -0.4 is 10.5 Å². The van der Waals surface area contributed by atoms with E-state index in [1.807, 2.05) is 6.92 Å². The zero-order chi connectivity index (χ0) is 13.7. The van der Waals surface area contributed by atoms with E-state index >= 15 is 0 Å². The molecule has 1 unspecified atom stereocenters. The summed E-state index contributed by atoms with van der Waals surface area (Å²) in [4.78, 5) is 12.1. The summed E-state index contributed by atoms with van der Waals surface area (Å²) >= 11 is 0. The van der Waals surface area contributed by atoms with Gasteiger partial charge in [0.2, 0.25) is 0 Å². The van der Waals surface area contributed by atoms with Crippen molar-refractivity contribution in [2.75, 3.05) is 32.2 Å². The monoisotopic (exact) mass is 265 g/mol. The number of carbonyl (C=O) groups excluding carboxylic acids is 1. The third-order valence-corrected chi connectivity index (χ3v) is 3.03. The van der Waals surface area contributed by atoms with E-state index in [2.05, 4.69) is 0 Å². The molecule has 0 aromatic heterocycles. The second-order valence-corrected chi connectivity index (χ2v) is 4.49. The predicted octanol–water partition coefficient (Wildman–Crippen LogP) is 1.86. The third-order valence-electron chi connectivity index (χ3n) is 3.03. The van der Waals surface area contributed by atoms with Crippen LogP contribution in [0, 0.1) is 5.92 Å². The standard InChI is InChI=1S/C14H19NO4/c1-2-18-13-11(4-3-5-12(13)15)14(16)19-9-10-6-7-17-8-10/h3-5,10H,2,6-9,15H2,1H3. The smallest absolute Gasteiger partial charge is 0.342 e. The molecule has 1 saturated heterocycles. The molecule has 2 N–H and O–H groups in total. The van der Waals surface area contributed by atoms with E-state index in [0.29, 0.717) is 42.7 Å². The molecule has 0 saturated carbocycles. The van der Waals surface area contributed by atoms with Gasteiger partial charge in [0, 0.05) is 12.5 Å². The number of rotatable bonds is 5. The topological polar surface area (TPSA) is 70.8 Å². The van der Waals surface area contributed by atoms with Crippen molar-refractivity contribution in [1.29, 1.82) is 0 Å². The molecule has 2 rings (SSSR count).